The summed E-state index contributed by atoms with van der Waals surface area (Å²) < 4.78 is 65.5. The number of carboxylic acid groups (broad SMARTS) is 1. The molecule has 0 spiro atoms. The maximum atomic E-state index is 15.3. The number of aromatic nitrogens is 1. The Bertz CT molecular complexity index is 3370. The third kappa shape index (κ3) is 32.6. The predicted octanol–water partition coefficient (Wildman–Crippen LogP) is -4.15. The third-order valence-corrected chi connectivity index (χ3v) is 20.7. The Labute approximate surface area is 644 Å². The van der Waals surface area contributed by atoms with Crippen molar-refractivity contribution in [3.05, 3.63) is 35.2 Å². The van der Waals surface area contributed by atoms with Crippen LogP contribution in [0.1, 0.15) is 77.3 Å². The first-order valence-corrected chi connectivity index (χ1v) is 39.1. The molecule has 1 fully saturated rings. The van der Waals surface area contributed by atoms with Gasteiger partial charge in [0.15, 0.2) is 11.6 Å². The largest absolute Gasteiger partial charge is 0.508 e. The molecule has 38 nitrogen and oxygen atoms in total. The number of nitrogens with zero attached hydrogens (tertiary/aromatic N) is 2. The van der Waals surface area contributed by atoms with Crippen LogP contribution in [0.25, 0.3) is 10.9 Å². The number of phenols is 1. The number of hydrogen-bond acceptors (Lipinski definition) is 29. The molecule has 18 N–H and O–H groups in total. The first-order valence-electron chi connectivity index (χ1n) is 36.7. The number of carbonyl (C=O) groups is 11. The lowest BCUT2D eigenvalue weighted by Crippen LogP contribution is -2.60. The Kier molecular flexibility index (Phi) is 42.7. The van der Waals surface area contributed by atoms with Gasteiger partial charge in [0.25, 0.3) is 0 Å². The number of nitrogens with one attached hydrogen (secondary N) is 7. The van der Waals surface area contributed by atoms with Gasteiger partial charge in [-0.15, -0.1) is 0 Å². The fourth-order valence-corrected chi connectivity index (χ4v) is 14.1. The number of hydrazine groups is 1. The van der Waals surface area contributed by atoms with E-state index in [4.69, 9.17) is 65.0 Å². The van der Waals surface area contributed by atoms with Crippen molar-refractivity contribution in [2.75, 3.05) is 170 Å². The lowest BCUT2D eigenvalue weighted by molar-refractivity contribution is -0.144. The molecule has 0 aliphatic carbocycles. The number of benzene rings is 1. The highest BCUT2D eigenvalue weighted by atomic mass is 32.2. The first kappa shape index (κ1) is 93.1. The van der Waals surface area contributed by atoms with Gasteiger partial charge >= 0.3 is 5.97 Å². The summed E-state index contributed by atoms with van der Waals surface area (Å²) in [7, 11) is -2.45. The van der Waals surface area contributed by atoms with Gasteiger partial charge in [-0.25, -0.2) is 5.84 Å². The number of nitrogens with two attached hydrogens (primary N) is 3. The number of hydrogen-bond donors (Lipinski definition) is 15. The van der Waals surface area contributed by atoms with E-state index in [1.807, 2.05) is 0 Å². The number of rotatable bonds is 45. The Morgan fingerprint density at radius 2 is 1.31 bits per heavy atom. The van der Waals surface area contributed by atoms with Gasteiger partial charge in [0.2, 0.25) is 47.3 Å². The van der Waals surface area contributed by atoms with E-state index in [2.05, 4.69) is 36.9 Å². The number of primary amides is 1. The second-order valence-corrected chi connectivity index (χ2v) is 29.3. The Hall–Kier alpha value is -7.55. The molecule has 2 bridgehead atoms. The van der Waals surface area contributed by atoms with Crippen molar-refractivity contribution in [3.8, 4) is 5.75 Å². The van der Waals surface area contributed by atoms with Crippen molar-refractivity contribution in [1.82, 2.24) is 46.8 Å². The summed E-state index contributed by atoms with van der Waals surface area (Å²) in [6.07, 6.45) is -4.23. The number of aromatic amines is 1. The van der Waals surface area contributed by atoms with Gasteiger partial charge in [-0.2, -0.15) is 11.8 Å². The van der Waals surface area contributed by atoms with E-state index in [9.17, 15) is 73.2 Å². The van der Waals surface area contributed by atoms with Gasteiger partial charge < -0.3 is 126 Å². The summed E-state index contributed by atoms with van der Waals surface area (Å²) in [5.41, 5.74) is 12.4. The summed E-state index contributed by atoms with van der Waals surface area (Å²) in [5.74, 6) is -9.66. The molecule has 40 heteroatoms. The second-order valence-electron chi connectivity index (χ2n) is 26.7. The molecule has 1 aromatic carbocycles. The van der Waals surface area contributed by atoms with Gasteiger partial charge in [0.1, 0.15) is 28.9 Å². The van der Waals surface area contributed by atoms with E-state index in [1.54, 1.807) is 13.8 Å². The van der Waals surface area contributed by atoms with Crippen molar-refractivity contribution >= 4 is 98.3 Å². The van der Waals surface area contributed by atoms with Crippen molar-refractivity contribution < 1.29 is 125 Å². The smallest absolute Gasteiger partial charge is 0.306 e. The number of ether oxygens (including phenoxy) is 9. The summed E-state index contributed by atoms with van der Waals surface area (Å²) >= 11 is 1.35. The van der Waals surface area contributed by atoms with Crippen LogP contribution in [0, 0.1) is 29.6 Å². The van der Waals surface area contributed by atoms with Crippen LogP contribution in [-0.4, -0.2) is 316 Å². The highest BCUT2D eigenvalue weighted by Gasteiger charge is 2.45. The van der Waals surface area contributed by atoms with E-state index in [0.717, 1.165) is 4.90 Å². The van der Waals surface area contributed by atoms with Crippen molar-refractivity contribution in [2.24, 2.45) is 46.9 Å². The number of phenolic OH excluding ortho intramolecular Hbond substituents is 1. The normalized spacial score (nSPS) is 22.1. The van der Waals surface area contributed by atoms with Crippen LogP contribution in [0.5, 0.6) is 5.75 Å². The minimum atomic E-state index is -2.45. The second kappa shape index (κ2) is 50.4. The molecule has 3 aliphatic heterocycles. The average Bonchev–Trinajstić information content (AvgIpc) is 1.61. The van der Waals surface area contributed by atoms with Crippen molar-refractivity contribution in [2.45, 2.75) is 120 Å². The first-order chi connectivity index (χ1) is 52.6. The highest BCUT2D eigenvalue weighted by molar-refractivity contribution is 7.98. The quantitative estimate of drug-likeness (QED) is 0.0170. The predicted molar refractivity (Wildman–Crippen MR) is 396 cm³/mol. The number of thioether (sulfide) groups is 1. The van der Waals surface area contributed by atoms with Crippen LogP contribution in [0.2, 0.25) is 0 Å². The lowest BCUT2D eigenvalue weighted by atomic mass is 9.85. The topological polar surface area (TPSA) is 562 Å². The summed E-state index contributed by atoms with van der Waals surface area (Å²) in [4.78, 5) is 154. The minimum absolute atomic E-state index is 0.0250. The van der Waals surface area contributed by atoms with E-state index in [1.165, 1.54) is 49.0 Å². The van der Waals surface area contributed by atoms with Crippen molar-refractivity contribution in [3.63, 3.8) is 0 Å². The molecule has 2 aromatic rings. The number of aliphatic hydroxyl groups excluding tert-OH is 3. The van der Waals surface area contributed by atoms with Gasteiger partial charge in [-0.3, -0.25) is 56.9 Å². The molecule has 2 unspecified atom stereocenters. The SMILES string of the molecule is CC[C@H](C)[C@@H]1CC(=O)CNC(=O)[C@H]2CC(=O)[C@H]([C@@H](C)[C@@H](O)CO)NC(=O)[C@@H]3C[C@@H](O)CN3C(=O)[C@H](CC(N)=O)NC(=O)[C@@H](CS(=O)c3[nH]c4c(CSCCOCCOCCOCCOCCOCCOCCOCCOCCOCCN(N)/C=C(\N)CNC(=O)CC(C)C(=O)O)c(O)ccc4c3C2)NC(=O)CNC1=O. The van der Waals surface area contributed by atoms with Crippen molar-refractivity contribution in [1.29, 1.82) is 0 Å². The zero-order valence-electron chi connectivity index (χ0n) is 62.9. The van der Waals surface area contributed by atoms with Crippen LogP contribution in [0.4, 0.5) is 0 Å². The zero-order chi connectivity index (χ0) is 80.7. The Balaban J connectivity index is 1.10. The fourth-order valence-electron chi connectivity index (χ4n) is 11.8. The Morgan fingerprint density at radius 3 is 1.86 bits per heavy atom. The van der Waals surface area contributed by atoms with Crippen LogP contribution in [0.15, 0.2) is 29.1 Å². The number of carboxylic acids is 1. The van der Waals surface area contributed by atoms with Gasteiger partial charge in [-0.1, -0.05) is 34.1 Å². The molecule has 3 aliphatic rings. The van der Waals surface area contributed by atoms with Crippen LogP contribution in [0.3, 0.4) is 0 Å². The number of Topliss-reactive ketones (excluding diaryl/α,β-unsaturated/α-hetero) is 2. The number of H-pyrrole nitrogens is 1. The number of fused-ring (bicyclic) bond motifs is 5. The van der Waals surface area contributed by atoms with Crippen LogP contribution < -0.4 is 49.2 Å². The number of aromatic hydroxyl groups is 1. The van der Waals surface area contributed by atoms with Gasteiger partial charge in [-0.05, 0) is 30.0 Å². The van der Waals surface area contributed by atoms with Crippen LogP contribution >= 0.6 is 11.8 Å². The molecule has 4 heterocycles. The van der Waals surface area contributed by atoms with Crippen LogP contribution in [-0.2, 0) is 118 Å². The highest BCUT2D eigenvalue weighted by Crippen LogP contribution is 2.37. The van der Waals surface area contributed by atoms with E-state index in [-0.39, 0.29) is 65.8 Å². The third-order valence-electron chi connectivity index (χ3n) is 18.3. The molecule has 5 rings (SSSR count). The molecular formula is C70H112N12O26S2. The van der Waals surface area contributed by atoms with E-state index in [0.29, 0.717) is 129 Å². The Morgan fingerprint density at radius 1 is 0.745 bits per heavy atom. The van der Waals surface area contributed by atoms with Gasteiger partial charge in [0, 0.05) is 84.3 Å². The average molecular weight is 1600 g/mol. The minimum Gasteiger partial charge on any atom is -0.508 e. The molecule has 0 radical (unpaired) electrons. The van der Waals surface area contributed by atoms with E-state index >= 15 is 4.21 Å². The maximum absolute atomic E-state index is 15.3. The molecule has 110 heavy (non-hydrogen) atoms. The maximum Gasteiger partial charge on any atom is 0.306 e. The molecule has 0 saturated carbocycles. The van der Waals surface area contributed by atoms with Gasteiger partial charge in [0.05, 0.1) is 204 Å². The molecule has 8 amide bonds. The summed E-state index contributed by atoms with van der Waals surface area (Å²) in [5, 5.41) is 69.0. The molecular weight excluding hydrogens is 1490 g/mol. The monoisotopic (exact) mass is 1600 g/mol. The number of carbonyl (C=O) groups excluding carboxylic acids is 10. The molecule has 12 atom stereocenters. The number of ketones is 2. The number of aliphatic carboxylic acids is 1. The standard InChI is InChI=1S/C70H112N12O26S2/c1-5-42(2)50-31-47(84)35-75-64(92)45-29-51-49-6-7-56(86)52(40-109-27-26-108-25-24-107-23-22-106-21-20-105-19-18-104-17-16-103-15-14-102-13-12-101-11-10-100-9-8-81(73)37-46(71)34-74-60(90)28-43(3)70(97)98)63(49)80-68(51)110(99)41-54(77-61(91)36-76-65(50)93)66(94)78-53(33-59(72)89)69(96)82-38-48(85)32-55(82)67(95)79-62(57(87)30-45)44(4)58(88)39-83/h6-7,37,42-45,48,50,53-55,58,62,80,83,85-86,88H,5,8-36,38-41,71,73H2,1-4H3,(H2,72,89)(H,74,90)(H,75,92)(H,76,93)(H,77,91)(H,78,94)(H,79,95)(H,97,98)/b46-37-/t42-,43?,44-,45+,48+,50-,53-,54+,55-,58-,62-,110?/m0/s1. The summed E-state index contributed by atoms with van der Waals surface area (Å²) in [6, 6.07) is -4.18. The number of amides is 8. The number of aliphatic hydroxyl groups is 3. The molecule has 620 valence electrons. The summed E-state index contributed by atoms with van der Waals surface area (Å²) in [6.45, 7) is 9.86. The zero-order valence-corrected chi connectivity index (χ0v) is 64.5. The molecule has 1 aromatic heterocycles. The lowest BCUT2D eigenvalue weighted by Gasteiger charge is -2.32. The van der Waals surface area contributed by atoms with E-state index < -0.39 is 206 Å². The molecule has 1 saturated heterocycles. The fraction of sp³-hybridized carbons (Fsp3) is 0.700.